The zero-order valence-electron chi connectivity index (χ0n) is 14.7. The first-order valence-corrected chi connectivity index (χ1v) is 9.10. The van der Waals surface area contributed by atoms with Gasteiger partial charge in [-0.1, -0.05) is 6.92 Å². The van der Waals surface area contributed by atoms with Gasteiger partial charge in [0, 0.05) is 6.04 Å². The SMILES string of the molecule is CC[C@@H](Nc1nc(NC2CCC2)nc(C2=CC(O)CCC2)n1)C(F)(F)F. The third-order valence-electron chi connectivity index (χ3n) is 4.81. The predicted molar refractivity (Wildman–Crippen MR) is 92.7 cm³/mol. The highest BCUT2D eigenvalue weighted by atomic mass is 19.4. The van der Waals surface area contributed by atoms with Gasteiger partial charge in [0.2, 0.25) is 11.9 Å². The molecule has 1 fully saturated rings. The largest absolute Gasteiger partial charge is 0.408 e. The van der Waals surface area contributed by atoms with E-state index in [0.717, 1.165) is 31.3 Å². The molecule has 0 amide bonds. The summed E-state index contributed by atoms with van der Waals surface area (Å²) in [6.07, 6.45) is 1.82. The molecule has 3 rings (SSSR count). The van der Waals surface area contributed by atoms with Crippen molar-refractivity contribution in [2.75, 3.05) is 10.6 Å². The highest BCUT2D eigenvalue weighted by molar-refractivity contribution is 5.63. The summed E-state index contributed by atoms with van der Waals surface area (Å²) in [4.78, 5) is 12.7. The maximum atomic E-state index is 13.1. The molecule has 1 unspecified atom stereocenters. The van der Waals surface area contributed by atoms with E-state index in [1.165, 1.54) is 6.92 Å². The van der Waals surface area contributed by atoms with Crippen molar-refractivity contribution in [2.45, 2.75) is 76.2 Å². The number of anilines is 2. The predicted octanol–water partition coefficient (Wildman–Crippen LogP) is 3.52. The number of alkyl halides is 3. The van der Waals surface area contributed by atoms with Gasteiger partial charge in [-0.3, -0.25) is 0 Å². The second-order valence-electron chi connectivity index (χ2n) is 6.88. The van der Waals surface area contributed by atoms with E-state index in [0.29, 0.717) is 18.7 Å². The smallest absolute Gasteiger partial charge is 0.389 e. The van der Waals surface area contributed by atoms with Gasteiger partial charge in [-0.15, -0.1) is 0 Å². The van der Waals surface area contributed by atoms with E-state index in [-0.39, 0.29) is 24.4 Å². The lowest BCUT2D eigenvalue weighted by Gasteiger charge is -2.27. The van der Waals surface area contributed by atoms with Crippen LogP contribution in [0.1, 0.15) is 57.7 Å². The maximum Gasteiger partial charge on any atom is 0.408 e. The van der Waals surface area contributed by atoms with Crippen LogP contribution in [0.4, 0.5) is 25.1 Å². The number of nitrogens with one attached hydrogen (secondary N) is 2. The highest BCUT2D eigenvalue weighted by Gasteiger charge is 2.39. The topological polar surface area (TPSA) is 83.0 Å². The number of rotatable bonds is 6. The second kappa shape index (κ2) is 7.77. The van der Waals surface area contributed by atoms with Crippen molar-refractivity contribution < 1.29 is 18.3 Å². The zero-order valence-corrected chi connectivity index (χ0v) is 14.7. The van der Waals surface area contributed by atoms with Gasteiger partial charge in [-0.05, 0) is 56.6 Å². The quantitative estimate of drug-likeness (QED) is 0.710. The van der Waals surface area contributed by atoms with Crippen LogP contribution in [0.25, 0.3) is 5.57 Å². The molecule has 1 heterocycles. The van der Waals surface area contributed by atoms with Crippen LogP contribution in [0.2, 0.25) is 0 Å². The van der Waals surface area contributed by atoms with Crippen LogP contribution in [0.15, 0.2) is 6.08 Å². The molecule has 0 radical (unpaired) electrons. The third-order valence-corrected chi connectivity index (χ3v) is 4.81. The Bertz CT molecular complexity index is 660. The standard InChI is InChI=1S/C17H24F3N5O/c1-2-13(17(18,19)20)22-16-24-14(10-5-3-8-12(26)9-10)23-15(25-16)21-11-6-4-7-11/h9,11-13,26H,2-8H2,1H3,(H2,21,22,23,24,25)/t12?,13-/m1/s1. The molecule has 0 spiro atoms. The number of hydrogen-bond acceptors (Lipinski definition) is 6. The van der Waals surface area contributed by atoms with Crippen LogP contribution in [-0.4, -0.2) is 44.4 Å². The minimum absolute atomic E-state index is 0.0954. The van der Waals surface area contributed by atoms with E-state index in [1.807, 2.05) is 0 Å². The second-order valence-corrected chi connectivity index (χ2v) is 6.88. The van der Waals surface area contributed by atoms with Crippen LogP contribution in [-0.2, 0) is 0 Å². The molecule has 144 valence electrons. The third kappa shape index (κ3) is 4.63. The summed E-state index contributed by atoms with van der Waals surface area (Å²) in [5.41, 5.74) is 0.742. The fourth-order valence-electron chi connectivity index (χ4n) is 3.04. The minimum atomic E-state index is -4.39. The lowest BCUT2D eigenvalue weighted by molar-refractivity contribution is -0.143. The summed E-state index contributed by atoms with van der Waals surface area (Å²) in [6.45, 7) is 1.46. The monoisotopic (exact) mass is 371 g/mol. The molecule has 0 aliphatic heterocycles. The summed E-state index contributed by atoms with van der Waals surface area (Å²) < 4.78 is 39.3. The van der Waals surface area contributed by atoms with Gasteiger partial charge in [0.1, 0.15) is 6.04 Å². The van der Waals surface area contributed by atoms with Crippen molar-refractivity contribution in [2.24, 2.45) is 0 Å². The van der Waals surface area contributed by atoms with E-state index >= 15 is 0 Å². The molecule has 0 saturated heterocycles. The van der Waals surface area contributed by atoms with Crippen molar-refractivity contribution in [3.63, 3.8) is 0 Å². The molecular weight excluding hydrogens is 347 g/mol. The maximum absolute atomic E-state index is 13.1. The number of allylic oxidation sites excluding steroid dienone is 1. The fraction of sp³-hybridized carbons (Fsp3) is 0.706. The number of halogens is 3. The first-order valence-electron chi connectivity index (χ1n) is 9.10. The summed E-state index contributed by atoms with van der Waals surface area (Å²) in [7, 11) is 0. The van der Waals surface area contributed by atoms with Gasteiger partial charge in [0.15, 0.2) is 5.82 Å². The average Bonchev–Trinajstić information content (AvgIpc) is 2.55. The van der Waals surface area contributed by atoms with E-state index in [9.17, 15) is 18.3 Å². The Kier molecular flexibility index (Phi) is 5.64. The number of hydrogen-bond donors (Lipinski definition) is 3. The molecule has 0 aromatic carbocycles. The molecular formula is C17H24F3N5O. The molecule has 3 N–H and O–H groups in total. The molecule has 2 aliphatic rings. The number of aliphatic hydroxyl groups is 1. The molecule has 1 aromatic heterocycles. The van der Waals surface area contributed by atoms with Gasteiger partial charge in [-0.2, -0.15) is 28.1 Å². The molecule has 26 heavy (non-hydrogen) atoms. The van der Waals surface area contributed by atoms with Crippen molar-refractivity contribution in [3.05, 3.63) is 11.9 Å². The molecule has 0 bridgehead atoms. The Hall–Kier alpha value is -1.90. The highest BCUT2D eigenvalue weighted by Crippen LogP contribution is 2.29. The fourth-order valence-corrected chi connectivity index (χ4v) is 3.04. The van der Waals surface area contributed by atoms with E-state index in [1.54, 1.807) is 6.08 Å². The summed E-state index contributed by atoms with van der Waals surface area (Å²) in [5, 5.41) is 15.4. The van der Waals surface area contributed by atoms with Crippen LogP contribution >= 0.6 is 0 Å². The Morgan fingerprint density at radius 1 is 1.15 bits per heavy atom. The van der Waals surface area contributed by atoms with Crippen LogP contribution < -0.4 is 10.6 Å². The molecule has 9 heteroatoms. The summed E-state index contributed by atoms with van der Waals surface area (Å²) in [5.74, 6) is 0.502. The van der Waals surface area contributed by atoms with E-state index in [2.05, 4.69) is 25.6 Å². The minimum Gasteiger partial charge on any atom is -0.389 e. The molecule has 6 nitrogen and oxygen atoms in total. The number of aliphatic hydroxyl groups excluding tert-OH is 1. The van der Waals surface area contributed by atoms with E-state index in [4.69, 9.17) is 0 Å². The normalized spacial score (nSPS) is 22.3. The molecule has 1 saturated carbocycles. The Labute approximate surface area is 150 Å². The first kappa shape index (κ1) is 18.9. The van der Waals surface area contributed by atoms with Crippen LogP contribution in [0.5, 0.6) is 0 Å². The van der Waals surface area contributed by atoms with Crippen molar-refractivity contribution in [1.29, 1.82) is 0 Å². The molecule has 1 aromatic rings. The van der Waals surface area contributed by atoms with Crippen molar-refractivity contribution in [3.8, 4) is 0 Å². The first-order chi connectivity index (χ1) is 12.3. The Balaban J connectivity index is 1.89. The van der Waals surface area contributed by atoms with E-state index < -0.39 is 18.3 Å². The number of nitrogens with zero attached hydrogens (tertiary/aromatic N) is 3. The van der Waals surface area contributed by atoms with Crippen LogP contribution in [0.3, 0.4) is 0 Å². The van der Waals surface area contributed by atoms with Gasteiger partial charge >= 0.3 is 6.18 Å². The lowest BCUT2D eigenvalue weighted by atomic mass is 9.93. The van der Waals surface area contributed by atoms with Gasteiger partial charge < -0.3 is 15.7 Å². The summed E-state index contributed by atoms with van der Waals surface area (Å²) in [6, 6.07) is -1.48. The molecule has 2 aliphatic carbocycles. The Morgan fingerprint density at radius 2 is 1.88 bits per heavy atom. The van der Waals surface area contributed by atoms with Gasteiger partial charge in [0.05, 0.1) is 6.10 Å². The van der Waals surface area contributed by atoms with Crippen molar-refractivity contribution >= 4 is 17.5 Å². The van der Waals surface area contributed by atoms with Gasteiger partial charge in [-0.25, -0.2) is 0 Å². The average molecular weight is 371 g/mol. The summed E-state index contributed by atoms with van der Waals surface area (Å²) >= 11 is 0. The van der Waals surface area contributed by atoms with Crippen molar-refractivity contribution in [1.82, 2.24) is 15.0 Å². The Morgan fingerprint density at radius 3 is 2.46 bits per heavy atom. The zero-order chi connectivity index (χ0) is 18.7. The van der Waals surface area contributed by atoms with Gasteiger partial charge in [0.25, 0.3) is 0 Å². The number of aromatic nitrogens is 3. The molecule has 2 atom stereocenters. The lowest BCUT2D eigenvalue weighted by Crippen LogP contribution is -2.36. The van der Waals surface area contributed by atoms with Crippen LogP contribution in [0, 0.1) is 0 Å².